The zero-order valence-electron chi connectivity index (χ0n) is 12.0. The standard InChI is InChI=1S/C17H16N2O2/c1-16-11-7-3-5-9-13(11)17(2,21-19(16)15(18)20)14-10-6-4-8-12(14)16/h3-10H,1-2H3,(H2,18,20). The van der Waals surface area contributed by atoms with E-state index in [0.29, 0.717) is 0 Å². The van der Waals surface area contributed by atoms with Crippen molar-refractivity contribution in [3.8, 4) is 0 Å². The quantitative estimate of drug-likeness (QED) is 0.806. The maximum atomic E-state index is 11.9. The van der Waals surface area contributed by atoms with Gasteiger partial charge in [0.2, 0.25) is 0 Å². The van der Waals surface area contributed by atoms with Crippen LogP contribution in [0.3, 0.4) is 0 Å². The molecule has 0 aromatic heterocycles. The molecule has 21 heavy (non-hydrogen) atoms. The molecule has 4 nitrogen and oxygen atoms in total. The summed E-state index contributed by atoms with van der Waals surface area (Å²) in [4.78, 5) is 18.0. The molecule has 0 spiro atoms. The van der Waals surface area contributed by atoms with Crippen molar-refractivity contribution in [3.05, 3.63) is 70.8 Å². The first-order chi connectivity index (χ1) is 9.99. The van der Waals surface area contributed by atoms with Crippen LogP contribution < -0.4 is 5.73 Å². The molecule has 106 valence electrons. The van der Waals surface area contributed by atoms with Gasteiger partial charge in [0.15, 0.2) is 0 Å². The smallest absolute Gasteiger partial charge is 0.339 e. The summed E-state index contributed by atoms with van der Waals surface area (Å²) in [5.41, 5.74) is 8.49. The number of benzene rings is 2. The highest BCUT2D eigenvalue weighted by Crippen LogP contribution is 2.57. The van der Waals surface area contributed by atoms with Crippen LogP contribution in [0.1, 0.15) is 36.1 Å². The van der Waals surface area contributed by atoms with Crippen LogP contribution in [0, 0.1) is 0 Å². The van der Waals surface area contributed by atoms with Crippen molar-refractivity contribution in [2.24, 2.45) is 5.73 Å². The third-order valence-corrected chi connectivity index (χ3v) is 4.81. The van der Waals surface area contributed by atoms with E-state index in [2.05, 4.69) is 12.1 Å². The summed E-state index contributed by atoms with van der Waals surface area (Å²) in [7, 11) is 0. The van der Waals surface area contributed by atoms with E-state index in [-0.39, 0.29) is 0 Å². The molecule has 2 amide bonds. The van der Waals surface area contributed by atoms with Gasteiger partial charge >= 0.3 is 6.03 Å². The Bertz CT molecular complexity index is 721. The number of amides is 2. The number of carbonyl (C=O) groups is 1. The van der Waals surface area contributed by atoms with Crippen molar-refractivity contribution >= 4 is 6.03 Å². The van der Waals surface area contributed by atoms with Gasteiger partial charge in [0.1, 0.15) is 11.1 Å². The van der Waals surface area contributed by atoms with Gasteiger partial charge in [-0.1, -0.05) is 48.5 Å². The minimum atomic E-state index is -0.698. The van der Waals surface area contributed by atoms with Gasteiger partial charge in [-0.3, -0.25) is 4.84 Å². The molecular weight excluding hydrogens is 264 g/mol. The van der Waals surface area contributed by atoms with Crippen molar-refractivity contribution in [1.82, 2.24) is 5.06 Å². The third kappa shape index (κ3) is 1.26. The van der Waals surface area contributed by atoms with Gasteiger partial charge in [-0.2, -0.15) is 5.06 Å². The fraction of sp³-hybridized carbons (Fsp3) is 0.235. The Labute approximate surface area is 123 Å². The second-order valence-electron chi connectivity index (χ2n) is 5.92. The summed E-state index contributed by atoms with van der Waals surface area (Å²) in [5, 5.41) is 1.32. The number of hydroxylamine groups is 2. The van der Waals surface area contributed by atoms with Crippen LogP contribution in [0.4, 0.5) is 4.79 Å². The highest BCUT2D eigenvalue weighted by molar-refractivity contribution is 5.75. The Hall–Kier alpha value is -2.33. The van der Waals surface area contributed by atoms with Crippen LogP contribution in [0.2, 0.25) is 0 Å². The van der Waals surface area contributed by atoms with Gasteiger partial charge in [0.05, 0.1) is 0 Å². The van der Waals surface area contributed by atoms with Crippen molar-refractivity contribution < 1.29 is 9.63 Å². The molecule has 0 saturated carbocycles. The van der Waals surface area contributed by atoms with Crippen molar-refractivity contribution in [1.29, 1.82) is 0 Å². The predicted octanol–water partition coefficient (Wildman–Crippen LogP) is 2.85. The van der Waals surface area contributed by atoms with Crippen LogP contribution in [0.5, 0.6) is 0 Å². The fourth-order valence-electron chi connectivity index (χ4n) is 3.79. The fourth-order valence-corrected chi connectivity index (χ4v) is 3.79. The average molecular weight is 280 g/mol. The lowest BCUT2D eigenvalue weighted by Gasteiger charge is -2.56. The van der Waals surface area contributed by atoms with Gasteiger partial charge in [-0.05, 0) is 36.1 Å². The Morgan fingerprint density at radius 1 is 0.952 bits per heavy atom. The van der Waals surface area contributed by atoms with E-state index < -0.39 is 17.2 Å². The Morgan fingerprint density at radius 3 is 1.81 bits per heavy atom. The average Bonchev–Trinajstić information content (AvgIpc) is 2.50. The van der Waals surface area contributed by atoms with Crippen LogP contribution in [0.25, 0.3) is 0 Å². The normalized spacial score (nSPS) is 29.0. The van der Waals surface area contributed by atoms with Crippen LogP contribution >= 0.6 is 0 Å². The number of primary amides is 1. The number of hydrogen-bond acceptors (Lipinski definition) is 2. The number of hydrogen-bond donors (Lipinski definition) is 1. The van der Waals surface area contributed by atoms with Gasteiger partial charge in [0.25, 0.3) is 0 Å². The molecule has 2 aromatic carbocycles. The van der Waals surface area contributed by atoms with E-state index in [4.69, 9.17) is 10.6 Å². The molecule has 0 fully saturated rings. The number of rotatable bonds is 0. The largest absolute Gasteiger partial charge is 0.350 e. The molecule has 2 bridgehead atoms. The second-order valence-corrected chi connectivity index (χ2v) is 5.92. The molecule has 0 radical (unpaired) electrons. The van der Waals surface area contributed by atoms with E-state index in [9.17, 15) is 4.79 Å². The van der Waals surface area contributed by atoms with Gasteiger partial charge in [-0.15, -0.1) is 0 Å². The molecule has 4 heteroatoms. The van der Waals surface area contributed by atoms with Crippen molar-refractivity contribution in [2.45, 2.75) is 25.0 Å². The number of nitrogens with two attached hydrogens (primary N) is 1. The number of nitrogens with zero attached hydrogens (tertiary/aromatic N) is 1. The van der Waals surface area contributed by atoms with Gasteiger partial charge in [0, 0.05) is 0 Å². The zero-order valence-corrected chi connectivity index (χ0v) is 12.0. The monoisotopic (exact) mass is 280 g/mol. The minimum Gasteiger partial charge on any atom is -0.350 e. The summed E-state index contributed by atoms with van der Waals surface area (Å²) in [5.74, 6) is 0. The maximum Gasteiger partial charge on any atom is 0.339 e. The van der Waals surface area contributed by atoms with E-state index in [1.54, 1.807) is 0 Å². The lowest BCUT2D eigenvalue weighted by Crippen LogP contribution is -2.62. The van der Waals surface area contributed by atoms with Crippen molar-refractivity contribution in [3.63, 3.8) is 0 Å². The SMILES string of the molecule is CC12ON(C(N)=O)C(C)(c3ccccc31)c1ccccc12. The minimum absolute atomic E-state index is 0.576. The number of urea groups is 1. The van der Waals surface area contributed by atoms with Crippen LogP contribution in [0.15, 0.2) is 48.5 Å². The maximum absolute atomic E-state index is 11.9. The second kappa shape index (κ2) is 3.65. The third-order valence-electron chi connectivity index (χ3n) is 4.81. The van der Waals surface area contributed by atoms with E-state index >= 15 is 0 Å². The topological polar surface area (TPSA) is 55.6 Å². The van der Waals surface area contributed by atoms with Gasteiger partial charge in [-0.25, -0.2) is 4.79 Å². The van der Waals surface area contributed by atoms with Crippen molar-refractivity contribution in [2.75, 3.05) is 0 Å². The Balaban J connectivity index is 2.15. The molecule has 2 aromatic rings. The summed E-state index contributed by atoms with van der Waals surface area (Å²) in [6.45, 7) is 3.97. The molecule has 0 atom stereocenters. The van der Waals surface area contributed by atoms with E-state index in [0.717, 1.165) is 22.3 Å². The van der Waals surface area contributed by atoms with Crippen LogP contribution in [-0.2, 0) is 16.0 Å². The number of carbonyl (C=O) groups excluding carboxylic acids is 1. The lowest BCUT2D eigenvalue weighted by molar-refractivity contribution is -0.261. The highest BCUT2D eigenvalue weighted by atomic mass is 16.7. The molecule has 2 N–H and O–H groups in total. The Kier molecular flexibility index (Phi) is 2.16. The molecule has 2 heterocycles. The lowest BCUT2D eigenvalue weighted by atomic mass is 9.65. The molecule has 2 aliphatic heterocycles. The molecule has 3 aliphatic rings. The summed E-state index contributed by atoms with van der Waals surface area (Å²) in [6.07, 6.45) is 0. The highest BCUT2D eigenvalue weighted by Gasteiger charge is 2.58. The summed E-state index contributed by atoms with van der Waals surface area (Å²) in [6, 6.07) is 15.6. The summed E-state index contributed by atoms with van der Waals surface area (Å²) < 4.78 is 0. The summed E-state index contributed by atoms with van der Waals surface area (Å²) >= 11 is 0. The van der Waals surface area contributed by atoms with E-state index in [1.807, 2.05) is 50.2 Å². The van der Waals surface area contributed by atoms with E-state index in [1.165, 1.54) is 5.06 Å². The van der Waals surface area contributed by atoms with Crippen LogP contribution in [-0.4, -0.2) is 11.1 Å². The predicted molar refractivity (Wildman–Crippen MR) is 78.3 cm³/mol. The van der Waals surface area contributed by atoms with Gasteiger partial charge < -0.3 is 5.73 Å². The molecular formula is C17H16N2O2. The number of fused-ring (bicyclic) bond motifs is 1. The molecule has 1 aliphatic carbocycles. The first kappa shape index (κ1) is 12.4. The first-order valence-corrected chi connectivity index (χ1v) is 6.98. The molecule has 0 unspecified atom stereocenters. The zero-order chi connectivity index (χ0) is 14.8. The molecule has 5 rings (SSSR count). The Morgan fingerprint density at radius 2 is 1.38 bits per heavy atom. The first-order valence-electron chi connectivity index (χ1n) is 6.98. The molecule has 0 saturated heterocycles.